The van der Waals surface area contributed by atoms with Crippen molar-refractivity contribution in [3.63, 3.8) is 0 Å². The Balaban J connectivity index is 0.932. The topological polar surface area (TPSA) is 121 Å². The van der Waals surface area contributed by atoms with E-state index in [4.69, 9.17) is 19.6 Å². The molecule has 4 aromatic carbocycles. The third-order valence-electron chi connectivity index (χ3n) is 9.62. The Kier molecular flexibility index (Phi) is 10.1. The van der Waals surface area contributed by atoms with Crippen molar-refractivity contribution >= 4 is 40.2 Å². The van der Waals surface area contributed by atoms with Gasteiger partial charge in [0, 0.05) is 49.2 Å². The van der Waals surface area contributed by atoms with Gasteiger partial charge in [0.25, 0.3) is 0 Å². The quantitative estimate of drug-likeness (QED) is 0.121. The van der Waals surface area contributed by atoms with Gasteiger partial charge in [-0.3, -0.25) is 10.3 Å². The number of hydrogen-bond donors (Lipinski definition) is 2. The highest BCUT2D eigenvalue weighted by Crippen LogP contribution is 2.39. The predicted octanol–water partition coefficient (Wildman–Crippen LogP) is 6.03. The lowest BCUT2D eigenvalue weighted by Gasteiger charge is -2.37. The summed E-state index contributed by atoms with van der Waals surface area (Å²) >= 11 is 0. The van der Waals surface area contributed by atoms with Gasteiger partial charge in [-0.05, 0) is 72.6 Å². The van der Waals surface area contributed by atoms with Crippen LogP contribution in [0, 0.1) is 5.41 Å². The van der Waals surface area contributed by atoms with Crippen LogP contribution in [0.5, 0.6) is 5.75 Å². The maximum atomic E-state index is 12.6. The van der Waals surface area contributed by atoms with Crippen LogP contribution < -0.4 is 24.8 Å². The molecular formula is C39H44N8O4. The molecule has 12 heteroatoms. The molecule has 3 heterocycles. The molecule has 51 heavy (non-hydrogen) atoms. The first kappa shape index (κ1) is 34.0. The molecule has 0 spiro atoms. The van der Waals surface area contributed by atoms with Crippen molar-refractivity contribution in [3.8, 4) is 5.75 Å². The standard InChI is InChI=1S/C39H44N8O4/c1-3-29(2)43-38(48)46(28-40)33-13-11-31(12-14-33)44-21-23-45(24-22-44)32-15-17-34(18-16-32)49-25-35-26-50-39(51-35,27-47-41-19-20-42-47)37-10-6-8-30-7-4-5-9-36(30)37/h4-20,28-29,35,40H,3,21-27H2,1-2H3,(H,43,48). The van der Waals surface area contributed by atoms with E-state index in [0.29, 0.717) is 25.4 Å². The number of urea groups is 1. The predicted molar refractivity (Wildman–Crippen MR) is 199 cm³/mol. The summed E-state index contributed by atoms with van der Waals surface area (Å²) in [6.07, 6.45) is 4.91. The third-order valence-corrected chi connectivity index (χ3v) is 9.62. The number of amides is 2. The molecule has 1 aromatic heterocycles. The number of anilines is 3. The van der Waals surface area contributed by atoms with Crippen molar-refractivity contribution in [2.75, 3.05) is 54.1 Å². The third kappa shape index (κ3) is 7.52. The number of carbonyl (C=O) groups excluding carboxylic acids is 1. The van der Waals surface area contributed by atoms with Crippen LogP contribution in [0.1, 0.15) is 25.8 Å². The summed E-state index contributed by atoms with van der Waals surface area (Å²) in [7, 11) is 0. The minimum absolute atomic E-state index is 0.0424. The summed E-state index contributed by atoms with van der Waals surface area (Å²) in [5.74, 6) is -0.277. The van der Waals surface area contributed by atoms with E-state index in [1.54, 1.807) is 17.2 Å². The van der Waals surface area contributed by atoms with Crippen LogP contribution in [-0.4, -0.2) is 78.9 Å². The molecular weight excluding hydrogens is 644 g/mol. The summed E-state index contributed by atoms with van der Waals surface area (Å²) in [6.45, 7) is 8.49. The van der Waals surface area contributed by atoms with Gasteiger partial charge < -0.3 is 29.3 Å². The van der Waals surface area contributed by atoms with Gasteiger partial charge in [-0.25, -0.2) is 4.79 Å². The highest BCUT2D eigenvalue weighted by molar-refractivity contribution is 6.06. The molecule has 2 amide bonds. The van der Waals surface area contributed by atoms with Crippen molar-refractivity contribution in [2.45, 2.75) is 44.7 Å². The smallest absolute Gasteiger partial charge is 0.327 e. The molecule has 5 aromatic rings. The van der Waals surface area contributed by atoms with Crippen LogP contribution in [0.2, 0.25) is 0 Å². The first-order valence-corrected chi connectivity index (χ1v) is 17.5. The number of fused-ring (bicyclic) bond motifs is 1. The van der Waals surface area contributed by atoms with E-state index in [-0.39, 0.29) is 18.2 Å². The van der Waals surface area contributed by atoms with Gasteiger partial charge in [-0.1, -0.05) is 49.4 Å². The Morgan fingerprint density at radius 1 is 0.961 bits per heavy atom. The van der Waals surface area contributed by atoms with Gasteiger partial charge in [-0.2, -0.15) is 15.0 Å². The van der Waals surface area contributed by atoms with Crippen LogP contribution in [0.15, 0.2) is 103 Å². The average molecular weight is 689 g/mol. The normalized spacial score (nSPS) is 19.5. The van der Waals surface area contributed by atoms with Crippen LogP contribution in [0.4, 0.5) is 21.9 Å². The van der Waals surface area contributed by atoms with Gasteiger partial charge in [0.1, 0.15) is 25.0 Å². The first-order valence-electron chi connectivity index (χ1n) is 17.5. The summed E-state index contributed by atoms with van der Waals surface area (Å²) in [5, 5.41) is 21.5. The minimum Gasteiger partial charge on any atom is -0.491 e. The second kappa shape index (κ2) is 15.2. The zero-order valence-electron chi connectivity index (χ0n) is 29.0. The number of nitrogens with zero attached hydrogens (tertiary/aromatic N) is 6. The fraction of sp³-hybridized carbons (Fsp3) is 0.333. The summed E-state index contributed by atoms with van der Waals surface area (Å²) in [5.41, 5.74) is 3.85. The Labute approximate surface area is 298 Å². The van der Waals surface area contributed by atoms with Gasteiger partial charge in [0.2, 0.25) is 5.79 Å². The second-order valence-electron chi connectivity index (χ2n) is 12.9. The van der Waals surface area contributed by atoms with E-state index in [1.165, 1.54) is 4.90 Å². The lowest BCUT2D eigenvalue weighted by atomic mass is 9.97. The maximum Gasteiger partial charge on any atom is 0.327 e. The van der Waals surface area contributed by atoms with Crippen LogP contribution in [0.3, 0.4) is 0 Å². The van der Waals surface area contributed by atoms with Crippen molar-refractivity contribution in [3.05, 3.63) is 109 Å². The monoisotopic (exact) mass is 688 g/mol. The molecule has 7 rings (SSSR count). The number of benzene rings is 4. The SMILES string of the molecule is CCC(C)NC(=O)N(C=N)c1ccc(N2CCN(c3ccc(OCC4COC(Cn5nccn5)(c5cccc6ccccc56)O4)cc3)CC2)cc1. The molecule has 2 fully saturated rings. The summed E-state index contributed by atoms with van der Waals surface area (Å²) in [4.78, 5) is 20.2. The molecule has 2 N–H and O–H groups in total. The van der Waals surface area contributed by atoms with E-state index in [2.05, 4.69) is 55.6 Å². The maximum absolute atomic E-state index is 12.6. The highest BCUT2D eigenvalue weighted by atomic mass is 16.8. The van der Waals surface area contributed by atoms with Gasteiger partial charge in [0.05, 0.1) is 31.0 Å². The van der Waals surface area contributed by atoms with E-state index < -0.39 is 5.79 Å². The van der Waals surface area contributed by atoms with Gasteiger partial charge >= 0.3 is 6.03 Å². The molecule has 0 saturated carbocycles. The number of rotatable bonds is 12. The second-order valence-corrected chi connectivity index (χ2v) is 12.9. The van der Waals surface area contributed by atoms with Crippen molar-refractivity contribution in [2.24, 2.45) is 0 Å². The molecule has 2 saturated heterocycles. The zero-order valence-corrected chi connectivity index (χ0v) is 29.0. The summed E-state index contributed by atoms with van der Waals surface area (Å²) in [6, 6.07) is 30.2. The Bertz CT molecular complexity index is 1910. The largest absolute Gasteiger partial charge is 0.491 e. The number of hydrogen-bond acceptors (Lipinski definition) is 9. The number of carbonyl (C=O) groups is 1. The molecule has 264 valence electrons. The van der Waals surface area contributed by atoms with E-state index >= 15 is 0 Å². The van der Waals surface area contributed by atoms with Gasteiger partial charge in [0.15, 0.2) is 0 Å². The lowest BCUT2D eigenvalue weighted by Crippen LogP contribution is -2.46. The molecule has 2 aliphatic heterocycles. The van der Waals surface area contributed by atoms with Crippen molar-refractivity contribution < 1.29 is 19.0 Å². The van der Waals surface area contributed by atoms with Crippen LogP contribution >= 0.6 is 0 Å². The molecule has 0 radical (unpaired) electrons. The van der Waals surface area contributed by atoms with E-state index in [9.17, 15) is 4.79 Å². The van der Waals surface area contributed by atoms with Gasteiger partial charge in [-0.15, -0.1) is 0 Å². The lowest BCUT2D eigenvalue weighted by molar-refractivity contribution is -0.191. The Morgan fingerprint density at radius 3 is 2.27 bits per heavy atom. The van der Waals surface area contributed by atoms with Crippen LogP contribution in [0.25, 0.3) is 10.8 Å². The molecule has 3 unspecified atom stereocenters. The fourth-order valence-electron chi connectivity index (χ4n) is 6.65. The average Bonchev–Trinajstić information content (AvgIpc) is 3.85. The number of aromatic nitrogens is 3. The highest BCUT2D eigenvalue weighted by Gasteiger charge is 2.45. The minimum atomic E-state index is -1.05. The number of piperazine rings is 1. The molecule has 0 aliphatic carbocycles. The number of nitrogens with one attached hydrogen (secondary N) is 2. The Hall–Kier alpha value is -5.46. The summed E-state index contributed by atoms with van der Waals surface area (Å²) < 4.78 is 19.3. The van der Waals surface area contributed by atoms with Crippen LogP contribution in [-0.2, 0) is 21.8 Å². The molecule has 3 atom stereocenters. The molecule has 12 nitrogen and oxygen atoms in total. The first-order chi connectivity index (χ1) is 24.9. The van der Waals surface area contributed by atoms with E-state index in [1.807, 2.05) is 74.5 Å². The Morgan fingerprint density at radius 2 is 1.61 bits per heavy atom. The number of ether oxygens (including phenoxy) is 3. The zero-order chi connectivity index (χ0) is 35.2. The van der Waals surface area contributed by atoms with Crippen molar-refractivity contribution in [1.82, 2.24) is 20.3 Å². The van der Waals surface area contributed by atoms with Crippen molar-refractivity contribution in [1.29, 1.82) is 5.41 Å². The van der Waals surface area contributed by atoms with E-state index in [0.717, 1.165) is 72.4 Å². The molecule has 2 aliphatic rings. The molecule has 0 bridgehead atoms. The fourth-order valence-corrected chi connectivity index (χ4v) is 6.65.